The molecular formula is C14H12BrF2N. The predicted octanol–water partition coefficient (Wildman–Crippen LogP) is 3.97. The highest BCUT2D eigenvalue weighted by molar-refractivity contribution is 9.10. The van der Waals surface area contributed by atoms with Crippen LogP contribution >= 0.6 is 15.9 Å². The number of rotatable bonds is 3. The fraction of sp³-hybridized carbons (Fsp3) is 0.143. The Morgan fingerprint density at radius 2 is 1.83 bits per heavy atom. The van der Waals surface area contributed by atoms with Crippen molar-refractivity contribution in [1.29, 1.82) is 0 Å². The van der Waals surface area contributed by atoms with E-state index < -0.39 is 17.7 Å². The van der Waals surface area contributed by atoms with Gasteiger partial charge in [-0.15, -0.1) is 0 Å². The summed E-state index contributed by atoms with van der Waals surface area (Å²) < 4.78 is 27.3. The number of nitrogens with two attached hydrogens (primary N) is 1. The maximum Gasteiger partial charge on any atom is 0.130 e. The zero-order valence-corrected chi connectivity index (χ0v) is 11.1. The first-order valence-electron chi connectivity index (χ1n) is 5.52. The van der Waals surface area contributed by atoms with Gasteiger partial charge in [0.05, 0.1) is 0 Å². The van der Waals surface area contributed by atoms with Gasteiger partial charge in [-0.25, -0.2) is 8.78 Å². The van der Waals surface area contributed by atoms with E-state index in [4.69, 9.17) is 5.73 Å². The van der Waals surface area contributed by atoms with E-state index in [9.17, 15) is 8.78 Å². The number of halogens is 3. The maximum absolute atomic E-state index is 13.6. The molecule has 0 aliphatic carbocycles. The van der Waals surface area contributed by atoms with Crippen molar-refractivity contribution in [3.63, 3.8) is 0 Å². The molecule has 0 aromatic heterocycles. The lowest BCUT2D eigenvalue weighted by Gasteiger charge is -2.14. The topological polar surface area (TPSA) is 26.0 Å². The summed E-state index contributed by atoms with van der Waals surface area (Å²) in [5.41, 5.74) is 7.28. The third kappa shape index (κ3) is 2.94. The van der Waals surface area contributed by atoms with Gasteiger partial charge >= 0.3 is 0 Å². The van der Waals surface area contributed by atoms with Crippen molar-refractivity contribution in [1.82, 2.24) is 0 Å². The number of hydrogen-bond acceptors (Lipinski definition) is 1. The molecule has 2 rings (SSSR count). The summed E-state index contributed by atoms with van der Waals surface area (Å²) in [6, 6.07) is 10.6. The van der Waals surface area contributed by atoms with Crippen molar-refractivity contribution in [2.24, 2.45) is 5.73 Å². The molecule has 0 fully saturated rings. The van der Waals surface area contributed by atoms with E-state index in [2.05, 4.69) is 15.9 Å². The minimum absolute atomic E-state index is 0.326. The van der Waals surface area contributed by atoms with Gasteiger partial charge in [-0.1, -0.05) is 40.2 Å². The highest BCUT2D eigenvalue weighted by atomic mass is 79.9. The van der Waals surface area contributed by atoms with Gasteiger partial charge < -0.3 is 5.73 Å². The second kappa shape index (κ2) is 5.59. The van der Waals surface area contributed by atoms with Gasteiger partial charge in [0, 0.05) is 22.1 Å². The molecule has 0 spiro atoms. The van der Waals surface area contributed by atoms with E-state index in [0.29, 0.717) is 12.0 Å². The molecule has 0 saturated carbocycles. The van der Waals surface area contributed by atoms with Crippen LogP contribution in [0.5, 0.6) is 0 Å². The first kappa shape index (κ1) is 13.2. The Morgan fingerprint density at radius 1 is 1.11 bits per heavy atom. The molecule has 1 nitrogen and oxygen atoms in total. The highest BCUT2D eigenvalue weighted by Gasteiger charge is 2.13. The van der Waals surface area contributed by atoms with Crippen LogP contribution in [0.4, 0.5) is 8.78 Å². The molecule has 0 aliphatic rings. The molecule has 0 saturated heterocycles. The summed E-state index contributed by atoms with van der Waals surface area (Å²) in [5, 5.41) is 0. The Kier molecular flexibility index (Phi) is 4.09. The molecule has 0 aliphatic heterocycles. The molecule has 0 radical (unpaired) electrons. The number of benzene rings is 2. The number of hydrogen-bond donors (Lipinski definition) is 1. The maximum atomic E-state index is 13.6. The Labute approximate surface area is 113 Å². The molecule has 0 amide bonds. The molecule has 4 heteroatoms. The third-order valence-corrected chi connectivity index (χ3v) is 3.53. The summed E-state index contributed by atoms with van der Waals surface area (Å²) >= 11 is 3.42. The Hall–Kier alpha value is -1.26. The van der Waals surface area contributed by atoms with Crippen molar-refractivity contribution >= 4 is 15.9 Å². The van der Waals surface area contributed by atoms with E-state index in [1.165, 1.54) is 12.1 Å². The minimum Gasteiger partial charge on any atom is -0.324 e. The monoisotopic (exact) mass is 311 g/mol. The van der Waals surface area contributed by atoms with Crippen LogP contribution in [0.1, 0.15) is 17.2 Å². The average molecular weight is 312 g/mol. The van der Waals surface area contributed by atoms with Gasteiger partial charge in [-0.3, -0.25) is 0 Å². The molecule has 0 heterocycles. The molecular weight excluding hydrogens is 300 g/mol. The SMILES string of the molecule is NC(Cc1ccccc1Br)c1ccc(F)cc1F. The minimum atomic E-state index is -0.602. The smallest absolute Gasteiger partial charge is 0.130 e. The zero-order chi connectivity index (χ0) is 13.1. The van der Waals surface area contributed by atoms with Crippen LogP contribution in [0, 0.1) is 11.6 Å². The van der Waals surface area contributed by atoms with Gasteiger partial charge in [0.15, 0.2) is 0 Å². The van der Waals surface area contributed by atoms with Crippen LogP contribution in [0.25, 0.3) is 0 Å². The summed E-state index contributed by atoms with van der Waals surface area (Å²) in [6.45, 7) is 0. The first-order chi connectivity index (χ1) is 8.58. The van der Waals surface area contributed by atoms with E-state index in [1.54, 1.807) is 0 Å². The molecule has 1 unspecified atom stereocenters. The van der Waals surface area contributed by atoms with Gasteiger partial charge in [0.2, 0.25) is 0 Å². The summed E-state index contributed by atoms with van der Waals surface area (Å²) in [7, 11) is 0. The Balaban J connectivity index is 2.22. The van der Waals surface area contributed by atoms with E-state index >= 15 is 0 Å². The third-order valence-electron chi connectivity index (χ3n) is 2.76. The summed E-state index contributed by atoms with van der Waals surface area (Å²) in [5.74, 6) is -1.20. The molecule has 0 bridgehead atoms. The quantitative estimate of drug-likeness (QED) is 0.912. The van der Waals surface area contributed by atoms with Gasteiger partial charge in [0.1, 0.15) is 11.6 Å². The lowest BCUT2D eigenvalue weighted by atomic mass is 9.99. The van der Waals surface area contributed by atoms with Crippen molar-refractivity contribution in [2.45, 2.75) is 12.5 Å². The lowest BCUT2D eigenvalue weighted by Crippen LogP contribution is -2.15. The van der Waals surface area contributed by atoms with Crippen LogP contribution in [-0.4, -0.2) is 0 Å². The normalized spacial score (nSPS) is 12.4. The molecule has 94 valence electrons. The van der Waals surface area contributed by atoms with Gasteiger partial charge in [-0.05, 0) is 24.1 Å². The van der Waals surface area contributed by atoms with Crippen LogP contribution in [0.2, 0.25) is 0 Å². The van der Waals surface area contributed by atoms with Crippen molar-refractivity contribution in [3.8, 4) is 0 Å². The van der Waals surface area contributed by atoms with Crippen molar-refractivity contribution < 1.29 is 8.78 Å². The first-order valence-corrected chi connectivity index (χ1v) is 6.31. The second-order valence-electron chi connectivity index (χ2n) is 4.07. The summed E-state index contributed by atoms with van der Waals surface area (Å²) in [6.07, 6.45) is 0.490. The molecule has 1 atom stereocenters. The Bertz CT molecular complexity index is 557. The van der Waals surface area contributed by atoms with E-state index in [0.717, 1.165) is 16.1 Å². The standard InChI is InChI=1S/C14H12BrF2N/c15-12-4-2-1-3-9(12)7-14(18)11-6-5-10(16)8-13(11)17/h1-6,8,14H,7,18H2. The van der Waals surface area contributed by atoms with E-state index in [-0.39, 0.29) is 0 Å². The fourth-order valence-corrected chi connectivity index (χ4v) is 2.26. The largest absolute Gasteiger partial charge is 0.324 e. The summed E-state index contributed by atoms with van der Waals surface area (Å²) in [4.78, 5) is 0. The average Bonchev–Trinajstić information content (AvgIpc) is 2.32. The molecule has 2 N–H and O–H groups in total. The van der Waals surface area contributed by atoms with Gasteiger partial charge in [0.25, 0.3) is 0 Å². The van der Waals surface area contributed by atoms with Crippen LogP contribution in [0.15, 0.2) is 46.9 Å². The highest BCUT2D eigenvalue weighted by Crippen LogP contribution is 2.24. The lowest BCUT2D eigenvalue weighted by molar-refractivity contribution is 0.554. The van der Waals surface area contributed by atoms with E-state index in [1.807, 2.05) is 24.3 Å². The molecule has 2 aromatic carbocycles. The van der Waals surface area contributed by atoms with Crippen LogP contribution < -0.4 is 5.73 Å². The van der Waals surface area contributed by atoms with Crippen molar-refractivity contribution in [2.75, 3.05) is 0 Å². The molecule has 2 aromatic rings. The Morgan fingerprint density at radius 3 is 2.50 bits per heavy atom. The van der Waals surface area contributed by atoms with Crippen molar-refractivity contribution in [3.05, 3.63) is 69.7 Å². The van der Waals surface area contributed by atoms with Crippen LogP contribution in [-0.2, 0) is 6.42 Å². The fourth-order valence-electron chi connectivity index (χ4n) is 1.81. The van der Waals surface area contributed by atoms with Crippen LogP contribution in [0.3, 0.4) is 0 Å². The van der Waals surface area contributed by atoms with Gasteiger partial charge in [-0.2, -0.15) is 0 Å². The second-order valence-corrected chi connectivity index (χ2v) is 4.92. The zero-order valence-electron chi connectivity index (χ0n) is 9.54. The molecule has 18 heavy (non-hydrogen) atoms. The predicted molar refractivity (Wildman–Crippen MR) is 71.1 cm³/mol.